The van der Waals surface area contributed by atoms with Gasteiger partial charge in [-0.05, 0) is 24.5 Å². The highest BCUT2D eigenvalue weighted by molar-refractivity contribution is 5.95. The van der Waals surface area contributed by atoms with Crippen LogP contribution in [0.1, 0.15) is 23.7 Å². The van der Waals surface area contributed by atoms with Crippen LogP contribution in [0, 0.1) is 16.0 Å². The molecule has 0 radical (unpaired) electrons. The van der Waals surface area contributed by atoms with Crippen LogP contribution in [0.4, 0.5) is 11.4 Å². The number of nitro benzene ring substituents is 1. The van der Waals surface area contributed by atoms with Crippen molar-refractivity contribution in [2.24, 2.45) is 5.92 Å². The molecule has 0 aromatic heterocycles. The normalized spacial score (nSPS) is 22.6. The molecule has 2 unspecified atom stereocenters. The van der Waals surface area contributed by atoms with Crippen molar-refractivity contribution in [3.8, 4) is 0 Å². The summed E-state index contributed by atoms with van der Waals surface area (Å²) >= 11 is 0. The Morgan fingerprint density at radius 3 is 2.80 bits per heavy atom. The lowest BCUT2D eigenvalue weighted by molar-refractivity contribution is -0.383. The molecule has 0 saturated carbocycles. The minimum absolute atomic E-state index is 0.0168. The number of amides is 1. The second-order valence-electron chi connectivity index (χ2n) is 5.12. The second kappa shape index (κ2) is 5.46. The number of aliphatic hydroxyl groups excluding tert-OH is 1. The van der Waals surface area contributed by atoms with Gasteiger partial charge < -0.3 is 15.7 Å². The van der Waals surface area contributed by atoms with E-state index in [2.05, 4.69) is 0 Å². The molecule has 1 amide bonds. The number of hydrogen-bond donors (Lipinski definition) is 2. The number of carbonyl (C=O) groups is 1. The molecule has 0 bridgehead atoms. The fourth-order valence-electron chi connectivity index (χ4n) is 2.35. The van der Waals surface area contributed by atoms with Crippen molar-refractivity contribution in [2.45, 2.75) is 19.4 Å². The predicted molar refractivity (Wildman–Crippen MR) is 73.2 cm³/mol. The standard InChI is InChI=1S/C13H17N3O4/c1-8-7-15(5-4-12(8)17)13(18)9-2-3-11(16(19)20)10(14)6-9/h2-3,6,8,12,17H,4-5,7,14H2,1H3. The molecule has 7 nitrogen and oxygen atoms in total. The molecular formula is C13H17N3O4. The number of nitrogens with two attached hydrogens (primary N) is 1. The lowest BCUT2D eigenvalue weighted by Crippen LogP contribution is -2.44. The fourth-order valence-corrected chi connectivity index (χ4v) is 2.35. The van der Waals surface area contributed by atoms with Gasteiger partial charge in [0.2, 0.25) is 0 Å². The number of likely N-dealkylation sites (tertiary alicyclic amines) is 1. The van der Waals surface area contributed by atoms with E-state index in [9.17, 15) is 20.0 Å². The quantitative estimate of drug-likeness (QED) is 0.477. The van der Waals surface area contributed by atoms with Gasteiger partial charge in [0.15, 0.2) is 0 Å². The number of nitro groups is 1. The number of carbonyl (C=O) groups excluding carboxylic acids is 1. The first-order chi connectivity index (χ1) is 9.40. The number of rotatable bonds is 2. The molecule has 20 heavy (non-hydrogen) atoms. The second-order valence-corrected chi connectivity index (χ2v) is 5.12. The minimum Gasteiger partial charge on any atom is -0.393 e. The summed E-state index contributed by atoms with van der Waals surface area (Å²) in [6.07, 6.45) is 0.149. The van der Waals surface area contributed by atoms with E-state index in [1.807, 2.05) is 6.92 Å². The van der Waals surface area contributed by atoms with Gasteiger partial charge in [-0.15, -0.1) is 0 Å². The van der Waals surface area contributed by atoms with Gasteiger partial charge >= 0.3 is 0 Å². The average Bonchev–Trinajstić information content (AvgIpc) is 2.40. The number of hydrogen-bond acceptors (Lipinski definition) is 5. The van der Waals surface area contributed by atoms with Crippen molar-refractivity contribution in [3.63, 3.8) is 0 Å². The molecule has 7 heteroatoms. The Hall–Kier alpha value is -2.15. The first-order valence-electron chi connectivity index (χ1n) is 6.41. The van der Waals surface area contributed by atoms with Crippen LogP contribution in [0.2, 0.25) is 0 Å². The molecule has 2 rings (SSSR count). The number of aliphatic hydroxyl groups is 1. The summed E-state index contributed by atoms with van der Waals surface area (Å²) < 4.78 is 0. The topological polar surface area (TPSA) is 110 Å². The number of anilines is 1. The van der Waals surface area contributed by atoms with E-state index in [1.165, 1.54) is 18.2 Å². The molecule has 1 aromatic carbocycles. The molecule has 1 saturated heterocycles. The van der Waals surface area contributed by atoms with Crippen LogP contribution in [-0.4, -0.2) is 40.0 Å². The number of benzene rings is 1. The van der Waals surface area contributed by atoms with E-state index in [4.69, 9.17) is 5.73 Å². The Morgan fingerprint density at radius 1 is 1.55 bits per heavy atom. The molecule has 0 spiro atoms. The van der Waals surface area contributed by atoms with Gasteiger partial charge in [0, 0.05) is 24.7 Å². The first kappa shape index (κ1) is 14.3. The van der Waals surface area contributed by atoms with Crippen LogP contribution in [0.3, 0.4) is 0 Å². The van der Waals surface area contributed by atoms with Crippen molar-refractivity contribution in [3.05, 3.63) is 33.9 Å². The molecule has 2 atom stereocenters. The van der Waals surface area contributed by atoms with E-state index < -0.39 is 4.92 Å². The van der Waals surface area contributed by atoms with Crippen molar-refractivity contribution < 1.29 is 14.8 Å². The third-order valence-electron chi connectivity index (χ3n) is 3.62. The molecule has 108 valence electrons. The van der Waals surface area contributed by atoms with Gasteiger partial charge in [-0.1, -0.05) is 6.92 Å². The Labute approximate surface area is 116 Å². The van der Waals surface area contributed by atoms with Crippen molar-refractivity contribution in [1.82, 2.24) is 4.90 Å². The van der Waals surface area contributed by atoms with Crippen LogP contribution in [0.15, 0.2) is 18.2 Å². The summed E-state index contributed by atoms with van der Waals surface area (Å²) in [5.41, 5.74) is 5.69. The van der Waals surface area contributed by atoms with Gasteiger partial charge in [0.1, 0.15) is 5.69 Å². The van der Waals surface area contributed by atoms with E-state index >= 15 is 0 Å². The summed E-state index contributed by atoms with van der Waals surface area (Å²) in [5, 5.41) is 20.3. The van der Waals surface area contributed by atoms with Gasteiger partial charge in [-0.25, -0.2) is 0 Å². The van der Waals surface area contributed by atoms with E-state index in [0.717, 1.165) is 0 Å². The van der Waals surface area contributed by atoms with Crippen LogP contribution < -0.4 is 5.73 Å². The largest absolute Gasteiger partial charge is 0.393 e. The highest BCUT2D eigenvalue weighted by atomic mass is 16.6. The van der Waals surface area contributed by atoms with Crippen molar-refractivity contribution >= 4 is 17.3 Å². The van der Waals surface area contributed by atoms with E-state index in [0.29, 0.717) is 25.1 Å². The molecule has 1 heterocycles. The number of nitrogen functional groups attached to an aromatic ring is 1. The van der Waals surface area contributed by atoms with E-state index in [-0.39, 0.29) is 29.3 Å². The summed E-state index contributed by atoms with van der Waals surface area (Å²) in [6, 6.07) is 3.98. The number of piperidine rings is 1. The number of nitrogens with zero attached hydrogens (tertiary/aromatic N) is 2. The van der Waals surface area contributed by atoms with Crippen LogP contribution >= 0.6 is 0 Å². The average molecular weight is 279 g/mol. The summed E-state index contributed by atoms with van der Waals surface area (Å²) in [5.74, 6) is -0.201. The zero-order valence-electron chi connectivity index (χ0n) is 11.2. The zero-order chi connectivity index (χ0) is 14.9. The molecule has 1 aliphatic heterocycles. The lowest BCUT2D eigenvalue weighted by atomic mass is 9.96. The fraction of sp³-hybridized carbons (Fsp3) is 0.462. The molecule has 1 fully saturated rings. The maximum atomic E-state index is 12.3. The van der Waals surface area contributed by atoms with Crippen LogP contribution in [0.25, 0.3) is 0 Å². The SMILES string of the molecule is CC1CN(C(=O)c2ccc([N+](=O)[O-])c(N)c2)CCC1O. The van der Waals surface area contributed by atoms with Crippen LogP contribution in [0.5, 0.6) is 0 Å². The zero-order valence-corrected chi connectivity index (χ0v) is 11.2. The van der Waals surface area contributed by atoms with Crippen molar-refractivity contribution in [2.75, 3.05) is 18.8 Å². The summed E-state index contributed by atoms with van der Waals surface area (Å²) in [7, 11) is 0. The highest BCUT2D eigenvalue weighted by Gasteiger charge is 2.28. The molecular weight excluding hydrogens is 262 g/mol. The third-order valence-corrected chi connectivity index (χ3v) is 3.62. The Balaban J connectivity index is 2.17. The Kier molecular flexibility index (Phi) is 3.89. The highest BCUT2D eigenvalue weighted by Crippen LogP contribution is 2.24. The smallest absolute Gasteiger partial charge is 0.292 e. The van der Waals surface area contributed by atoms with Gasteiger partial charge in [-0.3, -0.25) is 14.9 Å². The maximum Gasteiger partial charge on any atom is 0.292 e. The molecule has 1 aliphatic rings. The predicted octanol–water partition coefficient (Wildman–Crippen LogP) is 1.02. The Bertz CT molecular complexity index is 546. The van der Waals surface area contributed by atoms with Crippen molar-refractivity contribution in [1.29, 1.82) is 0 Å². The lowest BCUT2D eigenvalue weighted by Gasteiger charge is -2.34. The molecule has 0 aliphatic carbocycles. The van der Waals surface area contributed by atoms with E-state index in [1.54, 1.807) is 4.90 Å². The minimum atomic E-state index is -0.580. The molecule has 1 aromatic rings. The van der Waals surface area contributed by atoms with Gasteiger partial charge in [0.05, 0.1) is 11.0 Å². The monoisotopic (exact) mass is 279 g/mol. The summed E-state index contributed by atoms with van der Waals surface area (Å²) in [4.78, 5) is 24.0. The summed E-state index contributed by atoms with van der Waals surface area (Å²) in [6.45, 7) is 2.83. The van der Waals surface area contributed by atoms with Crippen LogP contribution in [-0.2, 0) is 0 Å². The third kappa shape index (κ3) is 2.72. The maximum absolute atomic E-state index is 12.3. The van der Waals surface area contributed by atoms with Gasteiger partial charge in [0.25, 0.3) is 11.6 Å². The first-order valence-corrected chi connectivity index (χ1v) is 6.41. The Morgan fingerprint density at radius 2 is 2.25 bits per heavy atom. The molecule has 3 N–H and O–H groups in total. The van der Waals surface area contributed by atoms with Gasteiger partial charge in [-0.2, -0.15) is 0 Å².